The molecule has 2 rings (SSSR count). The van der Waals surface area contributed by atoms with Crippen LogP contribution in [0.5, 0.6) is 0 Å². The maximum Gasteiger partial charge on any atom is 0.158 e. The van der Waals surface area contributed by atoms with E-state index in [9.17, 15) is 4.79 Å². The summed E-state index contributed by atoms with van der Waals surface area (Å²) < 4.78 is 1.54. The van der Waals surface area contributed by atoms with Crippen LogP contribution in [0.4, 0.5) is 0 Å². The lowest BCUT2D eigenvalue weighted by Gasteiger charge is -2.19. The summed E-state index contributed by atoms with van der Waals surface area (Å²) in [5.41, 5.74) is 8.57. The van der Waals surface area contributed by atoms with Crippen LogP contribution in [-0.2, 0) is 29.7 Å². The van der Waals surface area contributed by atoms with E-state index >= 15 is 0 Å². The molecule has 5 nitrogen and oxygen atoms in total. The molecule has 0 aliphatic rings. The Morgan fingerprint density at radius 3 is 2.43 bits per heavy atom. The fraction of sp³-hybridized carbons (Fsp3) is 0.438. The number of ketones is 1. The number of nitrogens with two attached hydrogens (primary N) is 1. The molecule has 0 fully saturated rings. The lowest BCUT2D eigenvalue weighted by Crippen LogP contribution is -2.14. The molecule has 2 N–H and O–H groups in total. The topological polar surface area (TPSA) is 73.8 Å². The quantitative estimate of drug-likeness (QED) is 0.910. The SMILES string of the molecule is CC(C)(C)c1ccc(CC(=O)Cn2cc(CN)nn2)cc1. The predicted molar refractivity (Wildman–Crippen MR) is 81.8 cm³/mol. The van der Waals surface area contributed by atoms with E-state index in [1.807, 2.05) is 12.1 Å². The van der Waals surface area contributed by atoms with Crippen LogP contribution >= 0.6 is 0 Å². The number of hydrogen-bond acceptors (Lipinski definition) is 4. The van der Waals surface area contributed by atoms with Crippen molar-refractivity contribution < 1.29 is 4.79 Å². The van der Waals surface area contributed by atoms with Crippen LogP contribution in [0.3, 0.4) is 0 Å². The summed E-state index contributed by atoms with van der Waals surface area (Å²) in [5.74, 6) is 0.104. The molecular weight excluding hydrogens is 264 g/mol. The highest BCUT2D eigenvalue weighted by Crippen LogP contribution is 2.22. The molecule has 0 spiro atoms. The van der Waals surface area contributed by atoms with Crippen molar-refractivity contribution in [1.29, 1.82) is 0 Å². The molecule has 112 valence electrons. The average molecular weight is 286 g/mol. The van der Waals surface area contributed by atoms with Gasteiger partial charge >= 0.3 is 0 Å². The van der Waals surface area contributed by atoms with E-state index in [1.54, 1.807) is 6.20 Å². The molecule has 5 heteroatoms. The number of nitrogens with zero attached hydrogens (tertiary/aromatic N) is 3. The smallest absolute Gasteiger partial charge is 0.158 e. The van der Waals surface area contributed by atoms with E-state index in [0.29, 0.717) is 18.7 Å². The number of rotatable bonds is 5. The maximum atomic E-state index is 12.0. The van der Waals surface area contributed by atoms with Gasteiger partial charge in [-0.15, -0.1) is 5.10 Å². The normalized spacial score (nSPS) is 11.6. The summed E-state index contributed by atoms with van der Waals surface area (Å²) in [6.45, 7) is 7.09. The third kappa shape index (κ3) is 4.23. The zero-order valence-corrected chi connectivity index (χ0v) is 12.8. The molecule has 1 aromatic carbocycles. The van der Waals surface area contributed by atoms with E-state index in [4.69, 9.17) is 5.73 Å². The van der Waals surface area contributed by atoms with Crippen LogP contribution in [0.25, 0.3) is 0 Å². The molecule has 0 aliphatic heterocycles. The van der Waals surface area contributed by atoms with Crippen LogP contribution in [-0.4, -0.2) is 20.8 Å². The Kier molecular flexibility index (Phi) is 4.53. The Morgan fingerprint density at radius 1 is 1.24 bits per heavy atom. The van der Waals surface area contributed by atoms with Crippen molar-refractivity contribution >= 4 is 5.78 Å². The molecule has 1 heterocycles. The van der Waals surface area contributed by atoms with E-state index in [2.05, 4.69) is 43.2 Å². The fourth-order valence-electron chi connectivity index (χ4n) is 2.10. The van der Waals surface area contributed by atoms with Crippen molar-refractivity contribution in [3.05, 3.63) is 47.3 Å². The summed E-state index contributed by atoms with van der Waals surface area (Å²) >= 11 is 0. The third-order valence-electron chi connectivity index (χ3n) is 3.35. The van der Waals surface area contributed by atoms with Gasteiger partial charge in [0.05, 0.1) is 11.9 Å². The number of carbonyl (C=O) groups excluding carboxylic acids is 1. The monoisotopic (exact) mass is 286 g/mol. The molecule has 0 radical (unpaired) electrons. The van der Waals surface area contributed by atoms with Gasteiger partial charge in [0.2, 0.25) is 0 Å². The summed E-state index contributed by atoms with van der Waals surface area (Å²) in [6, 6.07) is 8.21. The van der Waals surface area contributed by atoms with Gasteiger partial charge in [-0.2, -0.15) is 0 Å². The highest BCUT2D eigenvalue weighted by molar-refractivity contribution is 5.80. The molecule has 0 saturated heterocycles. The van der Waals surface area contributed by atoms with Crippen molar-refractivity contribution in [3.63, 3.8) is 0 Å². The van der Waals surface area contributed by atoms with Crippen molar-refractivity contribution in [2.24, 2.45) is 5.73 Å². The van der Waals surface area contributed by atoms with Gasteiger partial charge < -0.3 is 5.73 Å². The minimum atomic E-state index is 0.104. The Bertz CT molecular complexity index is 608. The van der Waals surface area contributed by atoms with E-state index < -0.39 is 0 Å². The number of aromatic nitrogens is 3. The average Bonchev–Trinajstić information content (AvgIpc) is 2.85. The number of hydrogen-bond donors (Lipinski definition) is 1. The van der Waals surface area contributed by atoms with E-state index in [1.165, 1.54) is 10.2 Å². The summed E-state index contributed by atoms with van der Waals surface area (Å²) in [7, 11) is 0. The van der Waals surface area contributed by atoms with Gasteiger partial charge in [-0.1, -0.05) is 50.3 Å². The first-order chi connectivity index (χ1) is 9.88. The standard InChI is InChI=1S/C16H22N4O/c1-16(2,3)13-6-4-12(5-7-13)8-15(21)11-20-10-14(9-17)18-19-20/h4-7,10H,8-9,11,17H2,1-3H3. The third-order valence-corrected chi connectivity index (χ3v) is 3.35. The van der Waals surface area contributed by atoms with E-state index in [0.717, 1.165) is 5.56 Å². The zero-order valence-electron chi connectivity index (χ0n) is 12.8. The zero-order chi connectivity index (χ0) is 15.5. The minimum absolute atomic E-state index is 0.104. The van der Waals surface area contributed by atoms with Gasteiger partial charge in [0.15, 0.2) is 5.78 Å². The van der Waals surface area contributed by atoms with Crippen LogP contribution in [0.15, 0.2) is 30.5 Å². The first kappa shape index (κ1) is 15.4. The highest BCUT2D eigenvalue weighted by atomic mass is 16.1. The van der Waals surface area contributed by atoms with Gasteiger partial charge in [0.25, 0.3) is 0 Å². The van der Waals surface area contributed by atoms with Crippen LogP contribution < -0.4 is 5.73 Å². The van der Waals surface area contributed by atoms with Crippen molar-refractivity contribution in [1.82, 2.24) is 15.0 Å². The van der Waals surface area contributed by atoms with Crippen molar-refractivity contribution in [2.75, 3.05) is 0 Å². The molecule has 2 aromatic rings. The Hall–Kier alpha value is -2.01. The number of Topliss-reactive ketones (excluding diaryl/α,β-unsaturated/α-hetero) is 1. The molecule has 0 aliphatic carbocycles. The van der Waals surface area contributed by atoms with E-state index in [-0.39, 0.29) is 17.7 Å². The van der Waals surface area contributed by atoms with Crippen molar-refractivity contribution in [2.45, 2.75) is 45.7 Å². The number of carbonyl (C=O) groups is 1. The molecule has 1 aromatic heterocycles. The van der Waals surface area contributed by atoms with Gasteiger partial charge in [-0.3, -0.25) is 4.79 Å². The highest BCUT2D eigenvalue weighted by Gasteiger charge is 2.13. The molecule has 0 bridgehead atoms. The minimum Gasteiger partial charge on any atom is -0.325 e. The first-order valence-electron chi connectivity index (χ1n) is 7.08. The van der Waals surface area contributed by atoms with Crippen LogP contribution in [0.2, 0.25) is 0 Å². The molecular formula is C16H22N4O. The van der Waals surface area contributed by atoms with Gasteiger partial charge in [-0.25, -0.2) is 4.68 Å². The maximum absolute atomic E-state index is 12.0. The fourth-order valence-corrected chi connectivity index (χ4v) is 2.10. The molecule has 0 amide bonds. The Balaban J connectivity index is 1.96. The second-order valence-corrected chi connectivity index (χ2v) is 6.27. The Labute approximate surface area is 125 Å². The summed E-state index contributed by atoms with van der Waals surface area (Å²) in [6.07, 6.45) is 2.11. The second-order valence-electron chi connectivity index (χ2n) is 6.27. The first-order valence-corrected chi connectivity index (χ1v) is 7.08. The lowest BCUT2D eigenvalue weighted by molar-refractivity contribution is -0.119. The summed E-state index contributed by atoms with van der Waals surface area (Å²) in [5, 5.41) is 7.75. The lowest BCUT2D eigenvalue weighted by atomic mass is 9.86. The molecule has 21 heavy (non-hydrogen) atoms. The number of benzene rings is 1. The molecule has 0 saturated carbocycles. The van der Waals surface area contributed by atoms with Gasteiger partial charge in [0, 0.05) is 13.0 Å². The van der Waals surface area contributed by atoms with Gasteiger partial charge in [0.1, 0.15) is 6.54 Å². The van der Waals surface area contributed by atoms with Crippen LogP contribution in [0, 0.1) is 0 Å². The largest absolute Gasteiger partial charge is 0.325 e. The summed E-state index contributed by atoms with van der Waals surface area (Å²) in [4.78, 5) is 12.0. The second kappa shape index (κ2) is 6.18. The predicted octanol–water partition coefficient (Wildman–Crippen LogP) is 1.85. The molecule has 0 atom stereocenters. The van der Waals surface area contributed by atoms with Gasteiger partial charge in [-0.05, 0) is 16.5 Å². The van der Waals surface area contributed by atoms with Crippen molar-refractivity contribution in [3.8, 4) is 0 Å². The Morgan fingerprint density at radius 2 is 1.90 bits per heavy atom. The molecule has 0 unspecified atom stereocenters. The van der Waals surface area contributed by atoms with Crippen LogP contribution in [0.1, 0.15) is 37.6 Å².